The topological polar surface area (TPSA) is 63.6 Å². The van der Waals surface area contributed by atoms with Gasteiger partial charge in [-0.05, 0) is 24.6 Å². The van der Waals surface area contributed by atoms with E-state index >= 15 is 0 Å². The van der Waals surface area contributed by atoms with Crippen molar-refractivity contribution in [3.05, 3.63) is 47.0 Å². The van der Waals surface area contributed by atoms with Gasteiger partial charge in [0.15, 0.2) is 11.9 Å². The number of esters is 1. The van der Waals surface area contributed by atoms with Gasteiger partial charge in [-0.3, -0.25) is 4.79 Å². The molecule has 1 aliphatic heterocycles. The lowest BCUT2D eigenvalue weighted by atomic mass is 9.99. The van der Waals surface area contributed by atoms with Crippen LogP contribution in [0.1, 0.15) is 18.6 Å². The number of hydrogen-bond donors (Lipinski definition) is 1. The van der Waals surface area contributed by atoms with Crippen LogP contribution in [0.15, 0.2) is 35.6 Å². The number of benzene rings is 1. The van der Waals surface area contributed by atoms with E-state index in [1.54, 1.807) is 0 Å². The third-order valence-electron chi connectivity index (χ3n) is 2.49. The van der Waals surface area contributed by atoms with E-state index in [9.17, 15) is 19.1 Å². The predicted octanol–water partition coefficient (Wildman–Crippen LogP) is 1.82. The molecule has 0 saturated heterocycles. The molecule has 88 valence electrons. The molecule has 0 aromatic heterocycles. The zero-order valence-electron chi connectivity index (χ0n) is 8.94. The molecule has 0 unspecified atom stereocenters. The van der Waals surface area contributed by atoms with Gasteiger partial charge in [0.05, 0.1) is 5.57 Å². The molecule has 2 rings (SSSR count). The summed E-state index contributed by atoms with van der Waals surface area (Å²) in [7, 11) is 0. The number of carbonyl (C=O) groups excluding carboxylic acids is 2. The van der Waals surface area contributed by atoms with Crippen LogP contribution < -0.4 is 0 Å². The van der Waals surface area contributed by atoms with Crippen molar-refractivity contribution < 1.29 is 23.8 Å². The average Bonchev–Trinajstić information content (AvgIpc) is 2.56. The van der Waals surface area contributed by atoms with Crippen LogP contribution >= 0.6 is 0 Å². The van der Waals surface area contributed by atoms with E-state index < -0.39 is 29.4 Å². The highest BCUT2D eigenvalue weighted by Gasteiger charge is 2.37. The second-order valence-electron chi connectivity index (χ2n) is 3.66. The minimum atomic E-state index is -0.958. The molecule has 1 atom stereocenters. The van der Waals surface area contributed by atoms with Crippen molar-refractivity contribution in [3.63, 3.8) is 0 Å². The summed E-state index contributed by atoms with van der Waals surface area (Å²) in [5.74, 6) is -2.50. The Morgan fingerprint density at radius 2 is 1.94 bits per heavy atom. The number of aliphatic hydroxyl groups excluding tert-OH is 1. The molecule has 5 heteroatoms. The lowest BCUT2D eigenvalue weighted by Crippen LogP contribution is -2.07. The molecule has 0 bridgehead atoms. The van der Waals surface area contributed by atoms with Crippen molar-refractivity contribution in [2.45, 2.75) is 13.0 Å². The van der Waals surface area contributed by atoms with Crippen molar-refractivity contribution in [3.8, 4) is 0 Å². The lowest BCUT2D eigenvalue weighted by Gasteiger charge is -2.11. The summed E-state index contributed by atoms with van der Waals surface area (Å²) < 4.78 is 17.6. The second-order valence-corrected chi connectivity index (χ2v) is 3.66. The normalized spacial score (nSPS) is 19.4. The van der Waals surface area contributed by atoms with Crippen molar-refractivity contribution in [1.82, 2.24) is 0 Å². The number of ketones is 1. The second kappa shape index (κ2) is 4.01. The molecule has 0 saturated carbocycles. The Morgan fingerprint density at radius 1 is 1.35 bits per heavy atom. The first kappa shape index (κ1) is 11.3. The maximum Gasteiger partial charge on any atom is 0.374 e. The van der Waals surface area contributed by atoms with Gasteiger partial charge in [-0.1, -0.05) is 12.1 Å². The van der Waals surface area contributed by atoms with E-state index in [1.165, 1.54) is 31.2 Å². The number of rotatable bonds is 2. The van der Waals surface area contributed by atoms with Gasteiger partial charge in [-0.2, -0.15) is 0 Å². The standard InChI is InChI=1S/C12H9FO4/c1-6(14)9-10(15)12(16)17-11(9)7-2-4-8(13)5-3-7/h2-5,11,15H,1H3/t11-/m0/s1. The fourth-order valence-corrected chi connectivity index (χ4v) is 1.68. The number of carbonyl (C=O) groups is 2. The van der Waals surface area contributed by atoms with Gasteiger partial charge in [0.25, 0.3) is 0 Å². The maximum atomic E-state index is 12.7. The Kier molecular flexibility index (Phi) is 2.67. The van der Waals surface area contributed by atoms with Crippen LogP contribution in [0.3, 0.4) is 0 Å². The molecule has 1 heterocycles. The molecular formula is C12H9FO4. The van der Waals surface area contributed by atoms with Crippen molar-refractivity contribution in [1.29, 1.82) is 0 Å². The Bertz CT molecular complexity index is 516. The highest BCUT2D eigenvalue weighted by atomic mass is 19.1. The summed E-state index contributed by atoms with van der Waals surface area (Å²) in [6.45, 7) is 1.23. The highest BCUT2D eigenvalue weighted by molar-refractivity contribution is 6.05. The van der Waals surface area contributed by atoms with Crippen molar-refractivity contribution in [2.24, 2.45) is 0 Å². The third-order valence-corrected chi connectivity index (χ3v) is 2.49. The van der Waals surface area contributed by atoms with Gasteiger partial charge in [0.2, 0.25) is 5.76 Å². The Labute approximate surface area is 96.3 Å². The summed E-state index contributed by atoms with van der Waals surface area (Å²) in [5.41, 5.74) is 0.343. The van der Waals surface area contributed by atoms with Gasteiger partial charge >= 0.3 is 5.97 Å². The molecule has 4 nitrogen and oxygen atoms in total. The Hall–Kier alpha value is -2.17. The minimum Gasteiger partial charge on any atom is -0.501 e. The van der Waals surface area contributed by atoms with Crippen LogP contribution in [-0.4, -0.2) is 16.9 Å². The maximum absolute atomic E-state index is 12.7. The molecule has 1 aromatic rings. The fourth-order valence-electron chi connectivity index (χ4n) is 1.68. The number of aliphatic hydroxyl groups is 1. The van der Waals surface area contributed by atoms with E-state index in [0.717, 1.165) is 0 Å². The van der Waals surface area contributed by atoms with Crippen LogP contribution in [0, 0.1) is 5.82 Å². The van der Waals surface area contributed by atoms with E-state index in [4.69, 9.17) is 4.74 Å². The molecule has 17 heavy (non-hydrogen) atoms. The van der Waals surface area contributed by atoms with Crippen molar-refractivity contribution in [2.75, 3.05) is 0 Å². The summed E-state index contributed by atoms with van der Waals surface area (Å²) >= 11 is 0. The number of cyclic esters (lactones) is 1. The van der Waals surface area contributed by atoms with E-state index in [2.05, 4.69) is 0 Å². The highest BCUT2D eigenvalue weighted by Crippen LogP contribution is 2.34. The molecule has 1 aliphatic rings. The van der Waals surface area contributed by atoms with Gasteiger partial charge in [0.1, 0.15) is 5.82 Å². The molecule has 0 fully saturated rings. The summed E-state index contributed by atoms with van der Waals surface area (Å²) in [6, 6.07) is 5.18. The van der Waals surface area contributed by atoms with Crippen molar-refractivity contribution >= 4 is 11.8 Å². The monoisotopic (exact) mass is 236 g/mol. The van der Waals surface area contributed by atoms with Gasteiger partial charge in [-0.25, -0.2) is 9.18 Å². The summed E-state index contributed by atoms with van der Waals surface area (Å²) in [6.07, 6.45) is -0.958. The smallest absolute Gasteiger partial charge is 0.374 e. The molecular weight excluding hydrogens is 227 g/mol. The van der Waals surface area contributed by atoms with Crippen LogP contribution in [-0.2, 0) is 14.3 Å². The van der Waals surface area contributed by atoms with Crippen LogP contribution in [0.4, 0.5) is 4.39 Å². The van der Waals surface area contributed by atoms with Crippen LogP contribution in [0.25, 0.3) is 0 Å². The number of halogens is 1. The lowest BCUT2D eigenvalue weighted by molar-refractivity contribution is -0.142. The Balaban J connectivity index is 2.44. The zero-order valence-corrected chi connectivity index (χ0v) is 8.94. The first-order valence-electron chi connectivity index (χ1n) is 4.91. The third kappa shape index (κ3) is 1.91. The number of ether oxygens (including phenoxy) is 1. The first-order valence-corrected chi connectivity index (χ1v) is 4.91. The number of hydrogen-bond acceptors (Lipinski definition) is 4. The van der Waals surface area contributed by atoms with Gasteiger partial charge in [0, 0.05) is 0 Å². The first-order chi connectivity index (χ1) is 8.00. The Morgan fingerprint density at radius 3 is 2.47 bits per heavy atom. The van der Waals surface area contributed by atoms with E-state index in [-0.39, 0.29) is 5.57 Å². The van der Waals surface area contributed by atoms with E-state index in [0.29, 0.717) is 5.56 Å². The molecule has 1 N–H and O–H groups in total. The SMILES string of the molecule is CC(=O)C1=C(O)C(=O)O[C@H]1c1ccc(F)cc1. The fraction of sp³-hybridized carbons (Fsp3) is 0.167. The quantitative estimate of drug-likeness (QED) is 0.795. The minimum absolute atomic E-state index is 0.0957. The van der Waals surface area contributed by atoms with E-state index in [1.807, 2.05) is 0 Å². The predicted molar refractivity (Wildman–Crippen MR) is 55.6 cm³/mol. The average molecular weight is 236 g/mol. The van der Waals surface area contributed by atoms with Gasteiger partial charge < -0.3 is 9.84 Å². The summed E-state index contributed by atoms with van der Waals surface area (Å²) in [5, 5.41) is 9.42. The van der Waals surface area contributed by atoms with Crippen LogP contribution in [0.5, 0.6) is 0 Å². The molecule has 0 spiro atoms. The summed E-state index contributed by atoms with van der Waals surface area (Å²) in [4.78, 5) is 22.5. The molecule has 1 aromatic carbocycles. The molecule has 0 amide bonds. The molecule has 0 radical (unpaired) electrons. The van der Waals surface area contributed by atoms with Crippen LogP contribution in [0.2, 0.25) is 0 Å². The number of Topliss-reactive ketones (excluding diaryl/α,β-unsaturated/α-hetero) is 1. The zero-order chi connectivity index (χ0) is 12.6. The molecule has 0 aliphatic carbocycles. The van der Waals surface area contributed by atoms with Gasteiger partial charge in [-0.15, -0.1) is 0 Å². The largest absolute Gasteiger partial charge is 0.501 e.